The quantitative estimate of drug-likeness (QED) is 0.642. The minimum atomic E-state index is -0.186. The van der Waals surface area contributed by atoms with E-state index in [2.05, 4.69) is 0 Å². The molecule has 0 bridgehead atoms. The van der Waals surface area contributed by atoms with Gasteiger partial charge in [-0.05, 0) is 24.1 Å². The van der Waals surface area contributed by atoms with Crippen LogP contribution < -0.4 is 0 Å². The summed E-state index contributed by atoms with van der Waals surface area (Å²) < 4.78 is 0. The fourth-order valence-electron chi connectivity index (χ4n) is 2.52. The normalized spacial score (nSPS) is 16.6. The van der Waals surface area contributed by atoms with E-state index in [0.29, 0.717) is 12.1 Å². The molecule has 3 heteroatoms. The molecule has 1 saturated heterocycles. The smallest absolute Gasteiger partial charge is 0.257 e. The first kappa shape index (κ1) is 14.3. The SMILES string of the molecule is Cc1ccc(/C=C2/CC(=O)N(Cc3ccccc3)C2=O)cc1. The van der Waals surface area contributed by atoms with Crippen LogP contribution in [-0.2, 0) is 16.1 Å². The number of aryl methyl sites for hydroxylation is 1. The molecule has 2 aromatic carbocycles. The van der Waals surface area contributed by atoms with Crippen molar-refractivity contribution in [2.45, 2.75) is 19.9 Å². The topological polar surface area (TPSA) is 37.4 Å². The molecule has 0 radical (unpaired) electrons. The molecule has 0 aromatic heterocycles. The number of hydrogen-bond donors (Lipinski definition) is 0. The van der Waals surface area contributed by atoms with Gasteiger partial charge < -0.3 is 0 Å². The van der Waals surface area contributed by atoms with Crippen LogP contribution in [0.2, 0.25) is 0 Å². The molecule has 3 rings (SSSR count). The van der Waals surface area contributed by atoms with E-state index in [4.69, 9.17) is 0 Å². The van der Waals surface area contributed by atoms with Crippen LogP contribution in [0.4, 0.5) is 0 Å². The fraction of sp³-hybridized carbons (Fsp3) is 0.158. The van der Waals surface area contributed by atoms with Gasteiger partial charge in [0.05, 0.1) is 13.0 Å². The number of carbonyl (C=O) groups is 2. The predicted molar refractivity (Wildman–Crippen MR) is 85.8 cm³/mol. The number of likely N-dealkylation sites (tertiary alicyclic amines) is 1. The van der Waals surface area contributed by atoms with Gasteiger partial charge in [-0.3, -0.25) is 14.5 Å². The highest BCUT2D eigenvalue weighted by Crippen LogP contribution is 2.23. The van der Waals surface area contributed by atoms with Gasteiger partial charge in [0.25, 0.3) is 5.91 Å². The van der Waals surface area contributed by atoms with Crippen molar-refractivity contribution in [3.05, 3.63) is 76.9 Å². The summed E-state index contributed by atoms with van der Waals surface area (Å²) >= 11 is 0. The van der Waals surface area contributed by atoms with Crippen LogP contribution >= 0.6 is 0 Å². The molecule has 2 amide bonds. The van der Waals surface area contributed by atoms with Crippen LogP contribution in [-0.4, -0.2) is 16.7 Å². The molecule has 1 aliphatic rings. The van der Waals surface area contributed by atoms with Crippen molar-refractivity contribution in [1.82, 2.24) is 4.90 Å². The number of carbonyl (C=O) groups excluding carboxylic acids is 2. The maximum absolute atomic E-state index is 12.4. The van der Waals surface area contributed by atoms with E-state index < -0.39 is 0 Å². The first-order chi connectivity index (χ1) is 10.6. The van der Waals surface area contributed by atoms with Crippen LogP contribution in [0.5, 0.6) is 0 Å². The van der Waals surface area contributed by atoms with Crippen LogP contribution in [0, 0.1) is 6.92 Å². The van der Waals surface area contributed by atoms with Crippen LogP contribution in [0.25, 0.3) is 6.08 Å². The molecule has 0 atom stereocenters. The van der Waals surface area contributed by atoms with E-state index in [-0.39, 0.29) is 18.2 Å². The molecule has 22 heavy (non-hydrogen) atoms. The van der Waals surface area contributed by atoms with Gasteiger partial charge in [0.15, 0.2) is 0 Å². The maximum Gasteiger partial charge on any atom is 0.257 e. The zero-order chi connectivity index (χ0) is 15.5. The summed E-state index contributed by atoms with van der Waals surface area (Å²) in [5.41, 5.74) is 3.63. The largest absolute Gasteiger partial charge is 0.274 e. The maximum atomic E-state index is 12.4. The Bertz CT molecular complexity index is 730. The number of benzene rings is 2. The van der Waals surface area contributed by atoms with E-state index in [0.717, 1.165) is 11.1 Å². The summed E-state index contributed by atoms with van der Waals surface area (Å²) in [5.74, 6) is -0.318. The third kappa shape index (κ3) is 2.98. The van der Waals surface area contributed by atoms with Gasteiger partial charge in [-0.15, -0.1) is 0 Å². The number of rotatable bonds is 3. The molecule has 2 aromatic rings. The van der Waals surface area contributed by atoms with Crippen molar-refractivity contribution in [1.29, 1.82) is 0 Å². The minimum Gasteiger partial charge on any atom is -0.274 e. The Hall–Kier alpha value is -2.68. The summed E-state index contributed by atoms with van der Waals surface area (Å²) in [6.45, 7) is 2.35. The van der Waals surface area contributed by atoms with Crippen LogP contribution in [0.1, 0.15) is 23.1 Å². The van der Waals surface area contributed by atoms with Gasteiger partial charge in [-0.2, -0.15) is 0 Å². The van der Waals surface area contributed by atoms with Crippen molar-refractivity contribution in [3.8, 4) is 0 Å². The lowest BCUT2D eigenvalue weighted by Gasteiger charge is -2.13. The predicted octanol–water partition coefficient (Wildman–Crippen LogP) is 3.34. The second-order valence-corrected chi connectivity index (χ2v) is 5.53. The van der Waals surface area contributed by atoms with Crippen molar-refractivity contribution in [2.24, 2.45) is 0 Å². The van der Waals surface area contributed by atoms with Crippen LogP contribution in [0.15, 0.2) is 60.2 Å². The Morgan fingerprint density at radius 1 is 1.00 bits per heavy atom. The number of hydrogen-bond acceptors (Lipinski definition) is 2. The molecular formula is C19H17NO2. The Morgan fingerprint density at radius 2 is 1.68 bits per heavy atom. The minimum absolute atomic E-state index is 0.132. The van der Waals surface area contributed by atoms with E-state index in [1.54, 1.807) is 0 Å². The molecule has 0 saturated carbocycles. The molecule has 110 valence electrons. The van der Waals surface area contributed by atoms with Crippen molar-refractivity contribution < 1.29 is 9.59 Å². The van der Waals surface area contributed by atoms with Gasteiger partial charge in [-0.25, -0.2) is 0 Å². The van der Waals surface area contributed by atoms with Crippen molar-refractivity contribution >= 4 is 17.9 Å². The third-order valence-electron chi connectivity index (χ3n) is 3.76. The molecule has 3 nitrogen and oxygen atoms in total. The Kier molecular flexibility index (Phi) is 3.88. The van der Waals surface area contributed by atoms with Gasteiger partial charge >= 0.3 is 0 Å². The molecule has 0 aliphatic carbocycles. The lowest BCUT2D eigenvalue weighted by Crippen LogP contribution is -2.28. The second kappa shape index (κ2) is 5.98. The summed E-state index contributed by atoms with van der Waals surface area (Å²) in [4.78, 5) is 25.9. The van der Waals surface area contributed by atoms with Crippen molar-refractivity contribution in [3.63, 3.8) is 0 Å². The second-order valence-electron chi connectivity index (χ2n) is 5.53. The Labute approximate surface area is 129 Å². The molecule has 1 fully saturated rings. The number of amides is 2. The number of imide groups is 1. The van der Waals surface area contributed by atoms with Gasteiger partial charge in [0.1, 0.15) is 0 Å². The van der Waals surface area contributed by atoms with E-state index >= 15 is 0 Å². The average Bonchev–Trinajstić information content (AvgIpc) is 2.78. The molecule has 0 N–H and O–H groups in total. The summed E-state index contributed by atoms with van der Waals surface area (Å²) in [5, 5.41) is 0. The van der Waals surface area contributed by atoms with Gasteiger partial charge in [0, 0.05) is 5.57 Å². The highest BCUT2D eigenvalue weighted by molar-refractivity contribution is 6.15. The zero-order valence-electron chi connectivity index (χ0n) is 12.5. The Balaban J connectivity index is 1.80. The van der Waals surface area contributed by atoms with E-state index in [1.165, 1.54) is 10.5 Å². The third-order valence-corrected chi connectivity index (χ3v) is 3.76. The van der Waals surface area contributed by atoms with Crippen LogP contribution in [0.3, 0.4) is 0 Å². The monoisotopic (exact) mass is 291 g/mol. The summed E-state index contributed by atoms with van der Waals surface area (Å²) in [6.07, 6.45) is 1.99. The lowest BCUT2D eigenvalue weighted by molar-refractivity contribution is -0.138. The molecule has 0 unspecified atom stereocenters. The highest BCUT2D eigenvalue weighted by Gasteiger charge is 2.33. The summed E-state index contributed by atoms with van der Waals surface area (Å²) in [7, 11) is 0. The molecule has 1 heterocycles. The number of nitrogens with zero attached hydrogens (tertiary/aromatic N) is 1. The molecule has 0 spiro atoms. The first-order valence-electron chi connectivity index (χ1n) is 7.29. The highest BCUT2D eigenvalue weighted by atomic mass is 16.2. The van der Waals surface area contributed by atoms with Gasteiger partial charge in [-0.1, -0.05) is 60.2 Å². The standard InChI is InChI=1S/C19H17NO2/c1-14-7-9-15(10-8-14)11-17-12-18(21)20(19(17)22)13-16-5-3-2-4-6-16/h2-11H,12-13H2,1H3/b17-11-. The van der Waals surface area contributed by atoms with E-state index in [1.807, 2.05) is 67.6 Å². The zero-order valence-corrected chi connectivity index (χ0v) is 12.5. The Morgan fingerprint density at radius 3 is 2.36 bits per heavy atom. The van der Waals surface area contributed by atoms with Gasteiger partial charge in [0.2, 0.25) is 5.91 Å². The first-order valence-corrected chi connectivity index (χ1v) is 7.29. The van der Waals surface area contributed by atoms with E-state index in [9.17, 15) is 9.59 Å². The lowest BCUT2D eigenvalue weighted by atomic mass is 10.1. The summed E-state index contributed by atoms with van der Waals surface area (Å²) in [6, 6.07) is 17.5. The van der Waals surface area contributed by atoms with Crippen molar-refractivity contribution in [2.75, 3.05) is 0 Å². The fourth-order valence-corrected chi connectivity index (χ4v) is 2.52. The molecule has 1 aliphatic heterocycles. The molecular weight excluding hydrogens is 274 g/mol. The average molecular weight is 291 g/mol.